The number of unbranched alkanes of at least 4 members (excludes halogenated alkanes) is 4. The molecule has 0 aliphatic carbocycles. The number of rotatable bonds is 12. The van der Waals surface area contributed by atoms with E-state index in [-0.39, 0.29) is 24.1 Å². The quantitative estimate of drug-likeness (QED) is 0.396. The minimum absolute atomic E-state index is 0.0222. The van der Waals surface area contributed by atoms with Crippen molar-refractivity contribution >= 4 is 11.9 Å². The van der Waals surface area contributed by atoms with E-state index < -0.39 is 0 Å². The van der Waals surface area contributed by atoms with Crippen LogP contribution in [-0.2, 0) is 19.1 Å². The Morgan fingerprint density at radius 1 is 0.714 bits per heavy atom. The zero-order valence-electron chi connectivity index (χ0n) is 14.2. The first-order valence-electron chi connectivity index (χ1n) is 8.38. The van der Waals surface area contributed by atoms with Crippen molar-refractivity contribution in [2.45, 2.75) is 97.7 Å². The van der Waals surface area contributed by atoms with E-state index in [1.807, 2.05) is 27.7 Å². The van der Waals surface area contributed by atoms with Gasteiger partial charge < -0.3 is 9.47 Å². The largest absolute Gasteiger partial charge is 0.463 e. The van der Waals surface area contributed by atoms with Crippen molar-refractivity contribution in [3.63, 3.8) is 0 Å². The van der Waals surface area contributed by atoms with Gasteiger partial charge in [-0.3, -0.25) is 9.59 Å². The minimum atomic E-state index is -0.0959. The lowest BCUT2D eigenvalue weighted by atomic mass is 10.1. The molecule has 2 atom stereocenters. The second-order valence-corrected chi connectivity index (χ2v) is 5.69. The normalized spacial score (nSPS) is 13.5. The lowest BCUT2D eigenvalue weighted by molar-refractivity contribution is -0.149. The highest BCUT2D eigenvalue weighted by Gasteiger charge is 2.08. The van der Waals surface area contributed by atoms with Crippen LogP contribution in [-0.4, -0.2) is 24.1 Å². The standard InChI is InChI=1S/C17H32O4/c1-5-14(3)20-16(18)12-10-8-7-9-11-13-17(19)21-15(4)6-2/h14-15H,5-13H2,1-4H3/t14-,15-/m0/s1. The lowest BCUT2D eigenvalue weighted by Crippen LogP contribution is -2.13. The predicted molar refractivity (Wildman–Crippen MR) is 84.0 cm³/mol. The highest BCUT2D eigenvalue weighted by molar-refractivity contribution is 5.69. The van der Waals surface area contributed by atoms with Gasteiger partial charge in [0.15, 0.2) is 0 Å². The van der Waals surface area contributed by atoms with E-state index in [2.05, 4.69) is 0 Å². The number of ether oxygens (including phenoxy) is 2. The lowest BCUT2D eigenvalue weighted by Gasteiger charge is -2.11. The number of hydrogen-bond acceptors (Lipinski definition) is 4. The van der Waals surface area contributed by atoms with Gasteiger partial charge in [-0.15, -0.1) is 0 Å². The third-order valence-corrected chi connectivity index (χ3v) is 3.58. The molecule has 0 aromatic carbocycles. The topological polar surface area (TPSA) is 52.6 Å². The van der Waals surface area contributed by atoms with E-state index in [1.165, 1.54) is 0 Å². The summed E-state index contributed by atoms with van der Waals surface area (Å²) in [6.07, 6.45) is 7.57. The van der Waals surface area contributed by atoms with Gasteiger partial charge in [-0.2, -0.15) is 0 Å². The maximum atomic E-state index is 11.4. The number of carbonyl (C=O) groups is 2. The predicted octanol–water partition coefficient (Wildman–Crippen LogP) is 4.40. The first-order valence-corrected chi connectivity index (χ1v) is 8.38. The molecule has 0 heterocycles. The monoisotopic (exact) mass is 300 g/mol. The molecule has 0 aliphatic rings. The van der Waals surface area contributed by atoms with Gasteiger partial charge in [0.2, 0.25) is 0 Å². The van der Waals surface area contributed by atoms with Gasteiger partial charge in [0, 0.05) is 12.8 Å². The number of carbonyl (C=O) groups excluding carboxylic acids is 2. The molecule has 0 N–H and O–H groups in total. The van der Waals surface area contributed by atoms with Crippen molar-refractivity contribution in [2.24, 2.45) is 0 Å². The van der Waals surface area contributed by atoms with Gasteiger partial charge in [-0.25, -0.2) is 0 Å². The van der Waals surface area contributed by atoms with Gasteiger partial charge in [0.05, 0.1) is 12.2 Å². The van der Waals surface area contributed by atoms with Crippen LogP contribution < -0.4 is 0 Å². The molecule has 4 heteroatoms. The summed E-state index contributed by atoms with van der Waals surface area (Å²) in [5.74, 6) is -0.192. The van der Waals surface area contributed by atoms with Crippen LogP contribution in [0.5, 0.6) is 0 Å². The molecule has 0 rings (SSSR count). The van der Waals surface area contributed by atoms with Crippen LogP contribution in [0.2, 0.25) is 0 Å². The SMILES string of the molecule is CC[C@H](C)OC(=O)CCCCCCCC(=O)O[C@@H](C)CC. The molecule has 0 saturated carbocycles. The Morgan fingerprint density at radius 3 is 1.38 bits per heavy atom. The first kappa shape index (κ1) is 19.9. The molecule has 0 bridgehead atoms. The molecule has 0 aromatic rings. The summed E-state index contributed by atoms with van der Waals surface area (Å²) in [7, 11) is 0. The van der Waals surface area contributed by atoms with Crippen molar-refractivity contribution in [3.8, 4) is 0 Å². The van der Waals surface area contributed by atoms with Crippen LogP contribution in [0.25, 0.3) is 0 Å². The maximum absolute atomic E-state index is 11.4. The fourth-order valence-electron chi connectivity index (χ4n) is 1.80. The summed E-state index contributed by atoms with van der Waals surface area (Å²) in [6.45, 7) is 7.83. The van der Waals surface area contributed by atoms with Gasteiger partial charge in [0.25, 0.3) is 0 Å². The molecular formula is C17H32O4. The van der Waals surface area contributed by atoms with Gasteiger partial charge in [-0.05, 0) is 39.5 Å². The fraction of sp³-hybridized carbons (Fsp3) is 0.882. The zero-order chi connectivity index (χ0) is 16.1. The van der Waals surface area contributed by atoms with Crippen LogP contribution in [0.1, 0.15) is 85.5 Å². The van der Waals surface area contributed by atoms with Crippen LogP contribution in [0.3, 0.4) is 0 Å². The van der Waals surface area contributed by atoms with Crippen molar-refractivity contribution in [2.75, 3.05) is 0 Å². The fourth-order valence-corrected chi connectivity index (χ4v) is 1.80. The third-order valence-electron chi connectivity index (χ3n) is 3.58. The van der Waals surface area contributed by atoms with Gasteiger partial charge >= 0.3 is 11.9 Å². The molecule has 0 fully saturated rings. The molecule has 0 radical (unpaired) electrons. The second kappa shape index (κ2) is 12.7. The molecule has 0 aliphatic heterocycles. The summed E-state index contributed by atoms with van der Waals surface area (Å²) >= 11 is 0. The maximum Gasteiger partial charge on any atom is 0.306 e. The Balaban J connectivity index is 3.40. The summed E-state index contributed by atoms with van der Waals surface area (Å²) in [5, 5.41) is 0. The highest BCUT2D eigenvalue weighted by atomic mass is 16.5. The molecular weight excluding hydrogens is 268 g/mol. The van der Waals surface area contributed by atoms with Crippen molar-refractivity contribution in [1.82, 2.24) is 0 Å². The molecule has 0 amide bonds. The van der Waals surface area contributed by atoms with Gasteiger partial charge in [0.1, 0.15) is 0 Å². The zero-order valence-corrected chi connectivity index (χ0v) is 14.2. The average molecular weight is 300 g/mol. The Labute approximate surface area is 129 Å². The van der Waals surface area contributed by atoms with Crippen molar-refractivity contribution in [3.05, 3.63) is 0 Å². The van der Waals surface area contributed by atoms with E-state index in [1.54, 1.807) is 0 Å². The summed E-state index contributed by atoms with van der Waals surface area (Å²) < 4.78 is 10.4. The van der Waals surface area contributed by atoms with Crippen LogP contribution in [0, 0.1) is 0 Å². The van der Waals surface area contributed by atoms with Crippen LogP contribution in [0.15, 0.2) is 0 Å². The number of esters is 2. The Morgan fingerprint density at radius 2 is 1.05 bits per heavy atom. The van der Waals surface area contributed by atoms with E-state index >= 15 is 0 Å². The van der Waals surface area contributed by atoms with E-state index in [9.17, 15) is 9.59 Å². The van der Waals surface area contributed by atoms with Crippen LogP contribution in [0.4, 0.5) is 0 Å². The molecule has 0 spiro atoms. The van der Waals surface area contributed by atoms with Crippen LogP contribution >= 0.6 is 0 Å². The van der Waals surface area contributed by atoms with Gasteiger partial charge in [-0.1, -0.05) is 33.1 Å². The van der Waals surface area contributed by atoms with Crippen molar-refractivity contribution < 1.29 is 19.1 Å². The summed E-state index contributed by atoms with van der Waals surface area (Å²) in [4.78, 5) is 22.9. The smallest absolute Gasteiger partial charge is 0.306 e. The molecule has 0 unspecified atom stereocenters. The van der Waals surface area contributed by atoms with E-state index in [0.717, 1.165) is 44.9 Å². The number of hydrogen-bond donors (Lipinski definition) is 0. The molecule has 0 saturated heterocycles. The third kappa shape index (κ3) is 12.4. The Kier molecular flexibility index (Phi) is 12.0. The molecule has 21 heavy (non-hydrogen) atoms. The Bertz CT molecular complexity index is 261. The molecule has 4 nitrogen and oxygen atoms in total. The summed E-state index contributed by atoms with van der Waals surface area (Å²) in [5.41, 5.74) is 0. The molecule has 0 aromatic heterocycles. The Hall–Kier alpha value is -1.06. The second-order valence-electron chi connectivity index (χ2n) is 5.69. The van der Waals surface area contributed by atoms with E-state index in [4.69, 9.17) is 9.47 Å². The van der Waals surface area contributed by atoms with E-state index in [0.29, 0.717) is 12.8 Å². The highest BCUT2D eigenvalue weighted by Crippen LogP contribution is 2.10. The average Bonchev–Trinajstić information content (AvgIpc) is 2.45. The summed E-state index contributed by atoms with van der Waals surface area (Å²) in [6, 6.07) is 0. The molecule has 124 valence electrons. The first-order chi connectivity index (χ1) is 9.99. The van der Waals surface area contributed by atoms with Crippen molar-refractivity contribution in [1.29, 1.82) is 0 Å². The minimum Gasteiger partial charge on any atom is -0.463 e.